The minimum Gasteiger partial charge on any atom is -0.390 e. The number of carbonyl (C=O) groups is 1. The van der Waals surface area contributed by atoms with Gasteiger partial charge in [0.25, 0.3) is 11.5 Å². The lowest BCUT2D eigenvalue weighted by molar-refractivity contribution is 0.0674. The molecule has 1 unspecified atom stereocenters. The van der Waals surface area contributed by atoms with Crippen LogP contribution in [0.15, 0.2) is 35.4 Å². The van der Waals surface area contributed by atoms with Gasteiger partial charge in [-0.15, -0.1) is 0 Å². The molecule has 1 amide bonds. The fourth-order valence-corrected chi connectivity index (χ4v) is 2.40. The second-order valence-corrected chi connectivity index (χ2v) is 6.49. The number of nitrogens with zero attached hydrogens (tertiary/aromatic N) is 2. The average molecular weight is 317 g/mol. The molecule has 0 fully saturated rings. The normalized spacial score (nSPS) is 13.0. The fourth-order valence-electron chi connectivity index (χ4n) is 2.40. The first-order chi connectivity index (χ1) is 10.8. The highest BCUT2D eigenvalue weighted by Crippen LogP contribution is 2.13. The van der Waals surface area contributed by atoms with Crippen LogP contribution in [0.3, 0.4) is 0 Å². The molecular formula is C17H23N3O3. The number of fused-ring (bicyclic) bond motifs is 1. The monoisotopic (exact) mass is 317 g/mol. The zero-order valence-corrected chi connectivity index (χ0v) is 13.7. The first-order valence-electron chi connectivity index (χ1n) is 7.77. The number of hydrogen-bond donors (Lipinski definition) is 2. The molecule has 2 aromatic heterocycles. The smallest absolute Gasteiger partial charge is 0.270 e. The molecule has 124 valence electrons. The van der Waals surface area contributed by atoms with Gasteiger partial charge in [0, 0.05) is 18.4 Å². The second-order valence-electron chi connectivity index (χ2n) is 6.49. The Balaban J connectivity index is 2.03. The number of aromatic nitrogens is 2. The van der Waals surface area contributed by atoms with Gasteiger partial charge in [-0.05, 0) is 52.2 Å². The van der Waals surface area contributed by atoms with E-state index in [4.69, 9.17) is 0 Å². The van der Waals surface area contributed by atoms with E-state index in [-0.39, 0.29) is 17.2 Å². The van der Waals surface area contributed by atoms with Crippen molar-refractivity contribution in [2.24, 2.45) is 0 Å². The third-order valence-electron chi connectivity index (χ3n) is 3.66. The standard InChI is InChI=1S/C17H23N3O3/c1-12(7-6-9-17(2,3)23)19-15(21)13-11-18-14-8-4-5-10-20(14)16(13)22/h4-5,8,10-12,23H,6-7,9H2,1-3H3,(H,19,21). The molecule has 6 nitrogen and oxygen atoms in total. The van der Waals surface area contributed by atoms with Crippen LogP contribution in [0.5, 0.6) is 0 Å². The lowest BCUT2D eigenvalue weighted by Gasteiger charge is -2.19. The van der Waals surface area contributed by atoms with Crippen molar-refractivity contribution >= 4 is 11.6 Å². The fraction of sp³-hybridized carbons (Fsp3) is 0.471. The molecule has 0 spiro atoms. The number of pyridine rings is 1. The van der Waals surface area contributed by atoms with Gasteiger partial charge in [-0.2, -0.15) is 0 Å². The van der Waals surface area contributed by atoms with Gasteiger partial charge in [0.1, 0.15) is 11.2 Å². The lowest BCUT2D eigenvalue weighted by Crippen LogP contribution is -2.37. The molecule has 0 bridgehead atoms. The minimum absolute atomic E-state index is 0.0306. The maximum absolute atomic E-state index is 12.3. The molecular weight excluding hydrogens is 294 g/mol. The first-order valence-corrected chi connectivity index (χ1v) is 7.77. The molecule has 0 aromatic carbocycles. The topological polar surface area (TPSA) is 83.7 Å². The molecule has 2 N–H and O–H groups in total. The van der Waals surface area contributed by atoms with E-state index in [1.165, 1.54) is 10.6 Å². The Labute approximate surface area is 135 Å². The third kappa shape index (κ3) is 4.63. The van der Waals surface area contributed by atoms with Crippen molar-refractivity contribution in [3.8, 4) is 0 Å². The summed E-state index contributed by atoms with van der Waals surface area (Å²) in [5, 5.41) is 12.5. The highest BCUT2D eigenvalue weighted by Gasteiger charge is 2.17. The second kappa shape index (κ2) is 6.91. The van der Waals surface area contributed by atoms with E-state index in [9.17, 15) is 14.7 Å². The van der Waals surface area contributed by atoms with E-state index in [0.717, 1.165) is 12.8 Å². The van der Waals surface area contributed by atoms with Crippen molar-refractivity contribution < 1.29 is 9.90 Å². The van der Waals surface area contributed by atoms with Gasteiger partial charge in [-0.25, -0.2) is 4.98 Å². The van der Waals surface area contributed by atoms with E-state index in [2.05, 4.69) is 10.3 Å². The van der Waals surface area contributed by atoms with E-state index < -0.39 is 11.5 Å². The van der Waals surface area contributed by atoms with Crippen molar-refractivity contribution in [1.29, 1.82) is 0 Å². The van der Waals surface area contributed by atoms with Crippen LogP contribution in [0.2, 0.25) is 0 Å². The van der Waals surface area contributed by atoms with Crippen molar-refractivity contribution in [3.05, 3.63) is 46.5 Å². The van der Waals surface area contributed by atoms with E-state index in [0.29, 0.717) is 12.1 Å². The summed E-state index contributed by atoms with van der Waals surface area (Å²) in [6.07, 6.45) is 5.09. The van der Waals surface area contributed by atoms with E-state index in [1.807, 2.05) is 6.92 Å². The van der Waals surface area contributed by atoms with Crippen LogP contribution in [-0.2, 0) is 0 Å². The molecule has 1 atom stereocenters. The molecule has 23 heavy (non-hydrogen) atoms. The molecule has 2 rings (SSSR count). The molecule has 0 aliphatic carbocycles. The Morgan fingerprint density at radius 2 is 2.17 bits per heavy atom. The van der Waals surface area contributed by atoms with Gasteiger partial charge >= 0.3 is 0 Å². The molecule has 0 saturated heterocycles. The van der Waals surface area contributed by atoms with Crippen LogP contribution >= 0.6 is 0 Å². The Bertz CT molecular complexity index is 747. The van der Waals surface area contributed by atoms with Gasteiger partial charge < -0.3 is 10.4 Å². The van der Waals surface area contributed by atoms with Crippen molar-refractivity contribution in [2.75, 3.05) is 0 Å². The van der Waals surface area contributed by atoms with Crippen LogP contribution < -0.4 is 10.9 Å². The average Bonchev–Trinajstić information content (AvgIpc) is 2.46. The summed E-state index contributed by atoms with van der Waals surface area (Å²) in [4.78, 5) is 28.7. The highest BCUT2D eigenvalue weighted by molar-refractivity contribution is 5.93. The highest BCUT2D eigenvalue weighted by atomic mass is 16.3. The number of hydrogen-bond acceptors (Lipinski definition) is 4. The summed E-state index contributed by atoms with van der Waals surface area (Å²) in [6, 6.07) is 5.13. The summed E-state index contributed by atoms with van der Waals surface area (Å²) in [7, 11) is 0. The van der Waals surface area contributed by atoms with Gasteiger partial charge in [0.2, 0.25) is 0 Å². The summed E-state index contributed by atoms with van der Waals surface area (Å²) in [6.45, 7) is 5.41. The first kappa shape index (κ1) is 17.1. The van der Waals surface area contributed by atoms with Gasteiger partial charge in [-0.1, -0.05) is 6.07 Å². The number of rotatable bonds is 6. The number of nitrogens with one attached hydrogen (secondary N) is 1. The molecule has 0 radical (unpaired) electrons. The van der Waals surface area contributed by atoms with Crippen LogP contribution in [0.25, 0.3) is 5.65 Å². The Hall–Kier alpha value is -2.21. The molecule has 6 heteroatoms. The largest absolute Gasteiger partial charge is 0.390 e. The van der Waals surface area contributed by atoms with E-state index >= 15 is 0 Å². The Kier molecular flexibility index (Phi) is 5.15. The molecule has 0 aliphatic rings. The molecule has 0 aliphatic heterocycles. The molecule has 2 aromatic rings. The maximum Gasteiger partial charge on any atom is 0.270 e. The van der Waals surface area contributed by atoms with Crippen LogP contribution in [0, 0.1) is 0 Å². The third-order valence-corrected chi connectivity index (χ3v) is 3.66. The van der Waals surface area contributed by atoms with Crippen molar-refractivity contribution in [1.82, 2.24) is 14.7 Å². The Morgan fingerprint density at radius 1 is 1.43 bits per heavy atom. The molecule has 2 heterocycles. The van der Waals surface area contributed by atoms with Gasteiger partial charge in [-0.3, -0.25) is 14.0 Å². The number of aliphatic hydroxyl groups is 1. The molecule has 0 saturated carbocycles. The van der Waals surface area contributed by atoms with Crippen LogP contribution in [0.4, 0.5) is 0 Å². The SMILES string of the molecule is CC(CCCC(C)(C)O)NC(=O)c1cnc2ccccn2c1=O. The Morgan fingerprint density at radius 3 is 2.87 bits per heavy atom. The lowest BCUT2D eigenvalue weighted by atomic mass is 10.00. The maximum atomic E-state index is 12.3. The van der Waals surface area contributed by atoms with Gasteiger partial charge in [0.05, 0.1) is 5.60 Å². The quantitative estimate of drug-likeness (QED) is 0.850. The van der Waals surface area contributed by atoms with Crippen LogP contribution in [-0.4, -0.2) is 32.0 Å². The zero-order chi connectivity index (χ0) is 17.0. The summed E-state index contributed by atoms with van der Waals surface area (Å²) in [5.74, 6) is -0.420. The summed E-state index contributed by atoms with van der Waals surface area (Å²) < 4.78 is 1.36. The van der Waals surface area contributed by atoms with Crippen molar-refractivity contribution in [3.63, 3.8) is 0 Å². The zero-order valence-electron chi connectivity index (χ0n) is 13.7. The minimum atomic E-state index is -0.704. The van der Waals surface area contributed by atoms with Crippen LogP contribution in [0.1, 0.15) is 50.4 Å². The summed E-state index contributed by atoms with van der Waals surface area (Å²) >= 11 is 0. The predicted molar refractivity (Wildman–Crippen MR) is 88.5 cm³/mol. The number of amides is 1. The van der Waals surface area contributed by atoms with E-state index in [1.54, 1.807) is 38.2 Å². The van der Waals surface area contributed by atoms with Gasteiger partial charge in [0.15, 0.2) is 0 Å². The predicted octanol–water partition coefficient (Wildman–Crippen LogP) is 1.75. The summed E-state index contributed by atoms with van der Waals surface area (Å²) in [5.41, 5.74) is -0.544. The van der Waals surface area contributed by atoms with Crippen molar-refractivity contribution in [2.45, 2.75) is 51.7 Å². The number of carbonyl (C=O) groups excluding carboxylic acids is 1.